The molecular weight excluding hydrogens is 274 g/mol. The second-order valence-electron chi connectivity index (χ2n) is 4.40. The molecule has 0 bridgehead atoms. The Morgan fingerprint density at radius 2 is 2.29 bits per heavy atom. The summed E-state index contributed by atoms with van der Waals surface area (Å²) in [5, 5.41) is 15.5. The third-order valence-corrected chi connectivity index (χ3v) is 2.84. The summed E-state index contributed by atoms with van der Waals surface area (Å²) in [6.07, 6.45) is 5.15. The van der Waals surface area contributed by atoms with Crippen molar-refractivity contribution in [1.29, 1.82) is 0 Å². The fourth-order valence-electron chi connectivity index (χ4n) is 1.72. The zero-order chi connectivity index (χ0) is 15.4. The molecule has 110 valence electrons. The van der Waals surface area contributed by atoms with Gasteiger partial charge >= 0.3 is 5.97 Å². The quantitative estimate of drug-likeness (QED) is 0.779. The van der Waals surface area contributed by atoms with Crippen LogP contribution < -0.4 is 5.32 Å². The molecule has 8 heteroatoms. The molecule has 2 rings (SSSR count). The highest BCUT2D eigenvalue weighted by atomic mass is 16.4. The molecule has 0 aromatic carbocycles. The molecule has 2 aromatic rings. The number of allylic oxidation sites excluding steroid dienone is 1. The maximum atomic E-state index is 12.0. The van der Waals surface area contributed by atoms with Gasteiger partial charge in [-0.05, 0) is 26.3 Å². The molecule has 2 aromatic heterocycles. The van der Waals surface area contributed by atoms with Crippen LogP contribution in [0.5, 0.6) is 0 Å². The average Bonchev–Trinajstić information content (AvgIpc) is 2.88. The third-order valence-electron chi connectivity index (χ3n) is 2.84. The molecule has 0 aliphatic rings. The zero-order valence-corrected chi connectivity index (χ0v) is 11.6. The summed E-state index contributed by atoms with van der Waals surface area (Å²) in [4.78, 5) is 31.1. The number of nitrogens with zero attached hydrogens (tertiary/aromatic N) is 4. The maximum absolute atomic E-state index is 12.0. The summed E-state index contributed by atoms with van der Waals surface area (Å²) in [7, 11) is 0. The Morgan fingerprint density at radius 1 is 1.52 bits per heavy atom. The molecule has 21 heavy (non-hydrogen) atoms. The van der Waals surface area contributed by atoms with E-state index in [9.17, 15) is 9.59 Å². The van der Waals surface area contributed by atoms with E-state index in [-0.39, 0.29) is 12.2 Å². The van der Waals surface area contributed by atoms with Crippen LogP contribution in [-0.2, 0) is 4.79 Å². The summed E-state index contributed by atoms with van der Waals surface area (Å²) in [6.45, 7) is 3.58. The predicted octanol–water partition coefficient (Wildman–Crippen LogP) is 0.582. The largest absolute Gasteiger partial charge is 0.480 e. The highest BCUT2D eigenvalue weighted by molar-refractivity contribution is 5.93. The molecule has 0 radical (unpaired) electrons. The lowest BCUT2D eigenvalue weighted by Crippen LogP contribution is -2.40. The second-order valence-corrected chi connectivity index (χ2v) is 4.40. The van der Waals surface area contributed by atoms with E-state index in [0.717, 1.165) is 5.69 Å². The molecule has 0 fully saturated rings. The number of carbonyl (C=O) groups excluding carboxylic acids is 1. The van der Waals surface area contributed by atoms with Gasteiger partial charge in [0.2, 0.25) is 5.82 Å². The van der Waals surface area contributed by atoms with Crippen LogP contribution in [0.25, 0.3) is 5.78 Å². The molecule has 0 spiro atoms. The minimum absolute atomic E-state index is 0.108. The SMILES string of the molecule is C/C=C/CC(NC(=O)c1nc2nccc(C)n2n1)C(=O)O. The molecule has 2 N–H and O–H groups in total. The Balaban J connectivity index is 2.21. The van der Waals surface area contributed by atoms with E-state index >= 15 is 0 Å². The predicted molar refractivity (Wildman–Crippen MR) is 73.8 cm³/mol. The fourth-order valence-corrected chi connectivity index (χ4v) is 1.72. The Labute approximate surface area is 120 Å². The molecule has 0 saturated heterocycles. The Kier molecular flexibility index (Phi) is 4.27. The van der Waals surface area contributed by atoms with Crippen LogP contribution in [0.1, 0.15) is 29.7 Å². The van der Waals surface area contributed by atoms with Crippen molar-refractivity contribution in [3.63, 3.8) is 0 Å². The van der Waals surface area contributed by atoms with Crippen molar-refractivity contribution in [1.82, 2.24) is 24.9 Å². The van der Waals surface area contributed by atoms with Crippen molar-refractivity contribution in [2.75, 3.05) is 0 Å². The van der Waals surface area contributed by atoms with Gasteiger partial charge in [0.05, 0.1) is 0 Å². The van der Waals surface area contributed by atoms with Gasteiger partial charge in [-0.2, -0.15) is 4.98 Å². The van der Waals surface area contributed by atoms with Crippen molar-refractivity contribution in [3.05, 3.63) is 35.9 Å². The molecule has 8 nitrogen and oxygen atoms in total. The van der Waals surface area contributed by atoms with Gasteiger partial charge in [0.15, 0.2) is 0 Å². The summed E-state index contributed by atoms with van der Waals surface area (Å²) in [5.41, 5.74) is 0.773. The van der Waals surface area contributed by atoms with Crippen molar-refractivity contribution in [3.8, 4) is 0 Å². The molecule has 0 saturated carbocycles. The zero-order valence-electron chi connectivity index (χ0n) is 11.6. The van der Waals surface area contributed by atoms with Crippen LogP contribution in [-0.4, -0.2) is 42.6 Å². The number of nitrogens with one attached hydrogen (secondary N) is 1. The van der Waals surface area contributed by atoms with Gasteiger partial charge in [-0.3, -0.25) is 4.79 Å². The Hall–Kier alpha value is -2.77. The van der Waals surface area contributed by atoms with Crippen molar-refractivity contribution in [2.45, 2.75) is 26.3 Å². The second kappa shape index (κ2) is 6.12. The van der Waals surface area contributed by atoms with Gasteiger partial charge in [-0.1, -0.05) is 12.2 Å². The first-order chi connectivity index (χ1) is 10.0. The number of aryl methyl sites for hydroxylation is 1. The number of carbonyl (C=O) groups is 2. The molecule has 1 atom stereocenters. The van der Waals surface area contributed by atoms with Crippen molar-refractivity contribution in [2.24, 2.45) is 0 Å². The molecule has 0 aliphatic heterocycles. The number of aliphatic carboxylic acids is 1. The first-order valence-electron chi connectivity index (χ1n) is 6.36. The number of carboxylic acid groups (broad SMARTS) is 1. The normalized spacial score (nSPS) is 12.7. The van der Waals surface area contributed by atoms with E-state index in [4.69, 9.17) is 5.11 Å². The van der Waals surface area contributed by atoms with E-state index in [1.54, 1.807) is 38.3 Å². The van der Waals surface area contributed by atoms with Crippen LogP contribution in [0.3, 0.4) is 0 Å². The number of rotatable bonds is 5. The summed E-state index contributed by atoms with van der Waals surface area (Å²) < 4.78 is 1.43. The average molecular weight is 289 g/mol. The first kappa shape index (κ1) is 14.6. The van der Waals surface area contributed by atoms with Crippen LogP contribution in [0, 0.1) is 6.92 Å². The number of hydrogen-bond donors (Lipinski definition) is 2. The minimum Gasteiger partial charge on any atom is -0.480 e. The van der Waals surface area contributed by atoms with Gasteiger partial charge in [0.25, 0.3) is 11.7 Å². The Bertz CT molecular complexity index is 707. The molecule has 2 heterocycles. The van der Waals surface area contributed by atoms with Gasteiger partial charge in [-0.15, -0.1) is 5.10 Å². The number of carboxylic acids is 1. The lowest BCUT2D eigenvalue weighted by molar-refractivity contribution is -0.139. The summed E-state index contributed by atoms with van der Waals surface area (Å²) in [5.74, 6) is -1.57. The van der Waals surface area contributed by atoms with Gasteiger partial charge < -0.3 is 10.4 Å². The smallest absolute Gasteiger partial charge is 0.326 e. The first-order valence-corrected chi connectivity index (χ1v) is 6.36. The molecule has 0 aliphatic carbocycles. The van der Waals surface area contributed by atoms with Crippen LogP contribution in [0.4, 0.5) is 0 Å². The van der Waals surface area contributed by atoms with Crippen LogP contribution >= 0.6 is 0 Å². The summed E-state index contributed by atoms with van der Waals surface area (Å²) >= 11 is 0. The number of fused-ring (bicyclic) bond motifs is 1. The van der Waals surface area contributed by atoms with Gasteiger partial charge in [0.1, 0.15) is 6.04 Å². The van der Waals surface area contributed by atoms with Crippen molar-refractivity contribution >= 4 is 17.7 Å². The fraction of sp³-hybridized carbons (Fsp3) is 0.308. The van der Waals surface area contributed by atoms with E-state index < -0.39 is 17.9 Å². The summed E-state index contributed by atoms with van der Waals surface area (Å²) in [6, 6.07) is 0.713. The maximum Gasteiger partial charge on any atom is 0.326 e. The van der Waals surface area contributed by atoms with E-state index in [0.29, 0.717) is 5.78 Å². The highest BCUT2D eigenvalue weighted by Crippen LogP contribution is 2.03. The van der Waals surface area contributed by atoms with Crippen LogP contribution in [0.2, 0.25) is 0 Å². The van der Waals surface area contributed by atoms with E-state index in [2.05, 4.69) is 20.4 Å². The standard InChI is InChI=1S/C13H15N5O3/c1-3-4-5-9(12(20)21)15-11(19)10-16-13-14-7-6-8(2)18(13)17-10/h3-4,6-7,9H,5H2,1-2H3,(H,15,19)(H,20,21)/b4-3+. The van der Waals surface area contributed by atoms with Gasteiger partial charge in [0, 0.05) is 11.9 Å². The number of hydrogen-bond acceptors (Lipinski definition) is 5. The number of amides is 1. The lowest BCUT2D eigenvalue weighted by Gasteiger charge is -2.10. The third kappa shape index (κ3) is 3.22. The highest BCUT2D eigenvalue weighted by Gasteiger charge is 2.22. The van der Waals surface area contributed by atoms with Crippen molar-refractivity contribution < 1.29 is 14.7 Å². The van der Waals surface area contributed by atoms with E-state index in [1.807, 2.05) is 0 Å². The lowest BCUT2D eigenvalue weighted by atomic mass is 10.2. The molecular formula is C13H15N5O3. The van der Waals surface area contributed by atoms with Gasteiger partial charge in [-0.25, -0.2) is 14.3 Å². The van der Waals surface area contributed by atoms with E-state index in [1.165, 1.54) is 4.52 Å². The molecule has 1 unspecified atom stereocenters. The molecule has 1 amide bonds. The number of aromatic nitrogens is 4. The van der Waals surface area contributed by atoms with Crippen LogP contribution in [0.15, 0.2) is 24.4 Å². The topological polar surface area (TPSA) is 109 Å². The Morgan fingerprint density at radius 3 is 2.90 bits per heavy atom. The minimum atomic E-state index is -1.11. The monoisotopic (exact) mass is 289 g/mol.